The monoisotopic (exact) mass is 288 g/mol. The van der Waals surface area contributed by atoms with Gasteiger partial charge in [0.1, 0.15) is 5.78 Å². The lowest BCUT2D eigenvalue weighted by atomic mass is 9.48. The van der Waals surface area contributed by atoms with Crippen LogP contribution in [-0.2, 0) is 4.79 Å². The zero-order chi connectivity index (χ0) is 14.8. The molecule has 2 heteroatoms. The van der Waals surface area contributed by atoms with Gasteiger partial charge in [0, 0.05) is 11.8 Å². The Morgan fingerprint density at radius 3 is 2.62 bits per heavy atom. The fourth-order valence-electron chi connectivity index (χ4n) is 6.41. The maximum Gasteiger partial charge on any atom is 0.139 e. The summed E-state index contributed by atoms with van der Waals surface area (Å²) in [6.45, 7) is 4.69. The van der Waals surface area contributed by atoms with Crippen LogP contribution in [0.1, 0.15) is 65.2 Å². The van der Waals surface area contributed by atoms with E-state index < -0.39 is 0 Å². The summed E-state index contributed by atoms with van der Waals surface area (Å²) in [5, 5.41) is 10.00. The van der Waals surface area contributed by atoms with Crippen LogP contribution in [0.2, 0.25) is 0 Å². The Labute approximate surface area is 128 Å². The van der Waals surface area contributed by atoms with Crippen molar-refractivity contribution in [3.63, 3.8) is 0 Å². The molecule has 0 radical (unpaired) electrons. The van der Waals surface area contributed by atoms with Gasteiger partial charge >= 0.3 is 0 Å². The molecule has 4 aliphatic rings. The van der Waals surface area contributed by atoms with Gasteiger partial charge in [-0.05, 0) is 68.1 Å². The highest BCUT2D eigenvalue weighted by Gasteiger charge is 2.58. The Morgan fingerprint density at radius 2 is 1.81 bits per heavy atom. The highest BCUT2D eigenvalue weighted by Crippen LogP contribution is 2.63. The number of rotatable bonds is 0. The van der Waals surface area contributed by atoms with Crippen LogP contribution < -0.4 is 0 Å². The van der Waals surface area contributed by atoms with Gasteiger partial charge in [-0.1, -0.05) is 25.5 Å². The zero-order valence-electron chi connectivity index (χ0n) is 13.4. The number of ketones is 1. The number of allylic oxidation sites excluding steroid dienone is 1. The highest BCUT2D eigenvalue weighted by atomic mass is 16.3. The second-order valence-corrected chi connectivity index (χ2v) is 8.57. The van der Waals surface area contributed by atoms with Gasteiger partial charge in [-0.2, -0.15) is 0 Å². The number of hydrogen-bond donors (Lipinski definition) is 1. The van der Waals surface area contributed by atoms with Crippen LogP contribution >= 0.6 is 0 Å². The molecule has 0 aromatic rings. The van der Waals surface area contributed by atoms with Crippen molar-refractivity contribution < 1.29 is 9.90 Å². The van der Waals surface area contributed by atoms with E-state index in [0.717, 1.165) is 50.9 Å². The number of aliphatic hydroxyl groups excluding tert-OH is 1. The number of Topliss-reactive ketones (excluding diaryl/α,β-unsaturated/α-hetero) is 1. The van der Waals surface area contributed by atoms with Gasteiger partial charge in [-0.15, -0.1) is 0 Å². The molecule has 0 amide bonds. The van der Waals surface area contributed by atoms with Crippen molar-refractivity contribution in [3.8, 4) is 0 Å². The third-order valence-corrected chi connectivity index (χ3v) is 7.79. The fraction of sp³-hybridized carbons (Fsp3) is 0.842. The molecule has 0 unspecified atom stereocenters. The second-order valence-electron chi connectivity index (χ2n) is 8.57. The normalized spacial score (nSPS) is 52.7. The van der Waals surface area contributed by atoms with Gasteiger partial charge in [0.05, 0.1) is 6.10 Å². The minimum atomic E-state index is -0.122. The minimum Gasteiger partial charge on any atom is -0.393 e. The zero-order valence-corrected chi connectivity index (χ0v) is 13.4. The number of aliphatic hydroxyl groups is 1. The predicted octanol–water partition coefficient (Wildman–Crippen LogP) is 3.88. The molecular formula is C19H28O2. The number of carbonyl (C=O) groups excluding carboxylic acids is 1. The number of hydrogen-bond acceptors (Lipinski definition) is 2. The lowest BCUT2D eigenvalue weighted by molar-refractivity contribution is -0.132. The summed E-state index contributed by atoms with van der Waals surface area (Å²) in [7, 11) is 0. The summed E-state index contributed by atoms with van der Waals surface area (Å²) in [4.78, 5) is 12.4. The van der Waals surface area contributed by atoms with Gasteiger partial charge in [0.25, 0.3) is 0 Å². The quantitative estimate of drug-likeness (QED) is 0.687. The molecule has 2 nitrogen and oxygen atoms in total. The van der Waals surface area contributed by atoms with Crippen LogP contribution in [0.25, 0.3) is 0 Å². The van der Waals surface area contributed by atoms with Crippen molar-refractivity contribution in [3.05, 3.63) is 11.6 Å². The van der Waals surface area contributed by atoms with Crippen LogP contribution in [0.15, 0.2) is 11.6 Å². The average molecular weight is 288 g/mol. The molecule has 4 aliphatic carbocycles. The van der Waals surface area contributed by atoms with Gasteiger partial charge < -0.3 is 5.11 Å². The Hall–Kier alpha value is -0.630. The van der Waals surface area contributed by atoms with Crippen molar-refractivity contribution in [1.82, 2.24) is 0 Å². The van der Waals surface area contributed by atoms with Gasteiger partial charge in [-0.25, -0.2) is 0 Å². The minimum absolute atomic E-state index is 0.0168. The third kappa shape index (κ3) is 1.78. The molecular weight excluding hydrogens is 260 g/mol. The first-order valence-corrected chi connectivity index (χ1v) is 8.86. The standard InChI is InChI=1S/C19H28O2/c1-18-9-7-13(20)11-12(18)3-4-14-15-5-6-17(21)19(15,2)10-8-16(14)18/h3,13-16,20H,4-11H2,1-2H3/t13-,14+,15+,16+,18-,19-/m0/s1. The lowest BCUT2D eigenvalue weighted by Gasteiger charge is -2.56. The lowest BCUT2D eigenvalue weighted by Crippen LogP contribution is -2.50. The van der Waals surface area contributed by atoms with E-state index in [2.05, 4.69) is 19.9 Å². The van der Waals surface area contributed by atoms with E-state index in [1.807, 2.05) is 0 Å². The van der Waals surface area contributed by atoms with Gasteiger partial charge in [0.15, 0.2) is 0 Å². The van der Waals surface area contributed by atoms with E-state index in [4.69, 9.17) is 0 Å². The van der Waals surface area contributed by atoms with E-state index in [-0.39, 0.29) is 11.5 Å². The summed E-state index contributed by atoms with van der Waals surface area (Å²) < 4.78 is 0. The Morgan fingerprint density at radius 1 is 1.10 bits per heavy atom. The van der Waals surface area contributed by atoms with Crippen molar-refractivity contribution in [1.29, 1.82) is 0 Å². The topological polar surface area (TPSA) is 37.3 Å². The van der Waals surface area contributed by atoms with Crippen molar-refractivity contribution >= 4 is 5.78 Å². The molecule has 0 heterocycles. The van der Waals surface area contributed by atoms with Crippen molar-refractivity contribution in [2.75, 3.05) is 0 Å². The molecule has 116 valence electrons. The SMILES string of the molecule is C[C@]12CC[C@H](O)CC1=CC[C@H]1[C@H]2CC[C@]2(C)C(=O)CC[C@H]12. The van der Waals surface area contributed by atoms with E-state index in [0.29, 0.717) is 23.0 Å². The first-order chi connectivity index (χ1) is 9.95. The highest BCUT2D eigenvalue weighted by molar-refractivity contribution is 5.87. The summed E-state index contributed by atoms with van der Waals surface area (Å²) in [6.07, 6.45) is 10.7. The summed E-state index contributed by atoms with van der Waals surface area (Å²) in [5.41, 5.74) is 1.81. The van der Waals surface area contributed by atoms with E-state index in [1.54, 1.807) is 0 Å². The van der Waals surface area contributed by atoms with E-state index >= 15 is 0 Å². The predicted molar refractivity (Wildman–Crippen MR) is 82.7 cm³/mol. The number of fused-ring (bicyclic) bond motifs is 5. The van der Waals surface area contributed by atoms with Crippen molar-refractivity contribution in [2.24, 2.45) is 28.6 Å². The van der Waals surface area contributed by atoms with E-state index in [1.165, 1.54) is 12.0 Å². The Kier molecular flexibility index (Phi) is 2.96. The smallest absolute Gasteiger partial charge is 0.139 e. The van der Waals surface area contributed by atoms with E-state index in [9.17, 15) is 9.90 Å². The van der Waals surface area contributed by atoms with Crippen molar-refractivity contribution in [2.45, 2.75) is 71.3 Å². The Bertz CT molecular complexity index is 508. The summed E-state index contributed by atoms with van der Waals surface area (Å²) in [5.74, 6) is 2.60. The summed E-state index contributed by atoms with van der Waals surface area (Å²) in [6, 6.07) is 0. The fourth-order valence-corrected chi connectivity index (χ4v) is 6.41. The molecule has 0 aliphatic heterocycles. The molecule has 0 saturated heterocycles. The second kappa shape index (κ2) is 4.44. The third-order valence-electron chi connectivity index (χ3n) is 7.79. The van der Waals surface area contributed by atoms with Crippen LogP contribution in [0.4, 0.5) is 0 Å². The molecule has 3 saturated carbocycles. The molecule has 0 spiro atoms. The molecule has 6 atom stereocenters. The van der Waals surface area contributed by atoms with Crippen LogP contribution in [0.5, 0.6) is 0 Å². The molecule has 3 fully saturated rings. The molecule has 0 aromatic heterocycles. The first-order valence-electron chi connectivity index (χ1n) is 8.86. The molecule has 0 aromatic carbocycles. The van der Waals surface area contributed by atoms with Crippen LogP contribution in [0, 0.1) is 28.6 Å². The first kappa shape index (κ1) is 14.0. The molecule has 1 N–H and O–H groups in total. The van der Waals surface area contributed by atoms with Crippen LogP contribution in [0.3, 0.4) is 0 Å². The largest absolute Gasteiger partial charge is 0.393 e. The maximum absolute atomic E-state index is 12.4. The summed E-state index contributed by atoms with van der Waals surface area (Å²) >= 11 is 0. The number of carbonyl (C=O) groups is 1. The average Bonchev–Trinajstić information content (AvgIpc) is 2.76. The maximum atomic E-state index is 12.4. The van der Waals surface area contributed by atoms with Crippen LogP contribution in [-0.4, -0.2) is 17.0 Å². The molecule has 0 bridgehead atoms. The molecule has 4 rings (SSSR count). The van der Waals surface area contributed by atoms with Gasteiger partial charge in [-0.3, -0.25) is 4.79 Å². The Balaban J connectivity index is 1.69. The molecule has 21 heavy (non-hydrogen) atoms. The van der Waals surface area contributed by atoms with Gasteiger partial charge in [0.2, 0.25) is 0 Å².